The van der Waals surface area contributed by atoms with Crippen molar-refractivity contribution in [3.8, 4) is 0 Å². The average Bonchev–Trinajstić information content (AvgIpc) is 2.50. The smallest absolute Gasteiger partial charge is 0.138 e. The van der Waals surface area contributed by atoms with Crippen LogP contribution in [0.3, 0.4) is 0 Å². The molecule has 1 nitrogen and oxygen atoms in total. The zero-order valence-corrected chi connectivity index (χ0v) is 11.6. The van der Waals surface area contributed by atoms with Crippen molar-refractivity contribution in [1.29, 1.82) is 0 Å². The van der Waals surface area contributed by atoms with Gasteiger partial charge in [0.2, 0.25) is 0 Å². The molecule has 1 heteroatoms. The highest BCUT2D eigenvalue weighted by Gasteiger charge is 2.40. The first-order valence-electron chi connectivity index (χ1n) is 7.33. The van der Waals surface area contributed by atoms with E-state index >= 15 is 0 Å². The first-order chi connectivity index (χ1) is 9.34. The Morgan fingerprint density at radius 2 is 1.32 bits per heavy atom. The second-order valence-electron chi connectivity index (χ2n) is 5.61. The summed E-state index contributed by atoms with van der Waals surface area (Å²) < 4.78 is 1.02. The molecule has 0 N–H and O–H groups in total. The second kappa shape index (κ2) is 5.18. The van der Waals surface area contributed by atoms with Gasteiger partial charge in [0.15, 0.2) is 0 Å². The predicted molar refractivity (Wildman–Crippen MR) is 82.5 cm³/mol. The third kappa shape index (κ3) is 2.08. The number of rotatable bonds is 2. The van der Waals surface area contributed by atoms with E-state index in [9.17, 15) is 0 Å². The number of hydrogen-bond acceptors (Lipinski definition) is 0. The zero-order valence-electron chi connectivity index (χ0n) is 11.6. The van der Waals surface area contributed by atoms with Gasteiger partial charge in [-0.3, -0.25) is 4.48 Å². The summed E-state index contributed by atoms with van der Waals surface area (Å²) in [7, 11) is 0. The minimum absolute atomic E-state index is 0.651. The molecule has 1 aliphatic heterocycles. The Kier molecular flexibility index (Phi) is 3.39. The van der Waals surface area contributed by atoms with Crippen molar-refractivity contribution >= 4 is 11.4 Å². The van der Waals surface area contributed by atoms with Gasteiger partial charge in [0.05, 0.1) is 12.6 Å². The van der Waals surface area contributed by atoms with Gasteiger partial charge in [-0.1, -0.05) is 36.4 Å². The van der Waals surface area contributed by atoms with Crippen molar-refractivity contribution in [2.45, 2.75) is 32.2 Å². The molecule has 0 aliphatic carbocycles. The Morgan fingerprint density at radius 1 is 0.789 bits per heavy atom. The summed E-state index contributed by atoms with van der Waals surface area (Å²) in [5.41, 5.74) is 2.86. The normalized spacial score (nSPS) is 22.1. The van der Waals surface area contributed by atoms with Gasteiger partial charge in [0.1, 0.15) is 11.4 Å². The molecule has 0 aromatic heterocycles. The summed E-state index contributed by atoms with van der Waals surface area (Å²) in [6.07, 6.45) is 3.98. The number of piperidine rings is 1. The van der Waals surface area contributed by atoms with Gasteiger partial charge in [-0.2, -0.15) is 0 Å². The first kappa shape index (κ1) is 12.4. The third-order valence-corrected chi connectivity index (χ3v) is 4.57. The third-order valence-electron chi connectivity index (χ3n) is 4.57. The number of para-hydroxylation sites is 2. The highest BCUT2D eigenvalue weighted by molar-refractivity contribution is 5.59. The number of quaternary nitrogens is 1. The van der Waals surface area contributed by atoms with Gasteiger partial charge in [0, 0.05) is 6.42 Å². The number of hydrogen-bond donors (Lipinski definition) is 0. The molecule has 3 rings (SSSR count). The van der Waals surface area contributed by atoms with Crippen LogP contribution in [0.25, 0.3) is 0 Å². The maximum absolute atomic E-state index is 2.40. The fourth-order valence-corrected chi connectivity index (χ4v) is 3.55. The first-order valence-corrected chi connectivity index (χ1v) is 7.33. The molecule has 0 spiro atoms. The Bertz CT molecular complexity index is 478. The van der Waals surface area contributed by atoms with Crippen LogP contribution in [-0.4, -0.2) is 12.6 Å². The summed E-state index contributed by atoms with van der Waals surface area (Å²) in [4.78, 5) is 0. The van der Waals surface area contributed by atoms with Crippen LogP contribution in [0.1, 0.15) is 26.2 Å². The second-order valence-corrected chi connectivity index (χ2v) is 5.61. The van der Waals surface area contributed by atoms with E-state index in [-0.39, 0.29) is 0 Å². The number of nitrogens with zero attached hydrogens (tertiary/aromatic N) is 1. The summed E-state index contributed by atoms with van der Waals surface area (Å²) in [6.45, 7) is 3.62. The molecule has 1 unspecified atom stereocenters. The standard InChI is InChI=1S/C18H22N/c1-16-10-8-9-15-19(16,17-11-4-2-5-12-17)18-13-6-3-7-14-18/h2-7,11-14,16H,8-10,15H2,1H3/q+1. The van der Waals surface area contributed by atoms with E-state index in [0.29, 0.717) is 6.04 Å². The lowest BCUT2D eigenvalue weighted by atomic mass is 9.96. The van der Waals surface area contributed by atoms with E-state index in [0.717, 1.165) is 4.48 Å². The van der Waals surface area contributed by atoms with Crippen LogP contribution in [0.15, 0.2) is 60.7 Å². The van der Waals surface area contributed by atoms with Crippen molar-refractivity contribution < 1.29 is 0 Å². The molecule has 0 amide bonds. The van der Waals surface area contributed by atoms with Crippen LogP contribution in [0.4, 0.5) is 11.4 Å². The lowest BCUT2D eigenvalue weighted by Gasteiger charge is -2.45. The summed E-state index contributed by atoms with van der Waals surface area (Å²) in [5, 5.41) is 0. The molecule has 1 fully saturated rings. The fourth-order valence-electron chi connectivity index (χ4n) is 3.55. The van der Waals surface area contributed by atoms with Gasteiger partial charge in [-0.15, -0.1) is 0 Å². The highest BCUT2D eigenvalue weighted by Crippen LogP contribution is 2.41. The SMILES string of the molecule is CC1CCCC[N+]1(c1ccccc1)c1ccccc1. The molecule has 19 heavy (non-hydrogen) atoms. The van der Waals surface area contributed by atoms with E-state index < -0.39 is 0 Å². The van der Waals surface area contributed by atoms with Crippen LogP contribution < -0.4 is 4.48 Å². The minimum Gasteiger partial charge on any atom is -0.257 e. The van der Waals surface area contributed by atoms with E-state index in [2.05, 4.69) is 67.6 Å². The topological polar surface area (TPSA) is 0 Å². The predicted octanol–water partition coefficient (Wildman–Crippen LogP) is 4.90. The molecular weight excluding hydrogens is 230 g/mol. The van der Waals surface area contributed by atoms with Gasteiger partial charge < -0.3 is 0 Å². The van der Waals surface area contributed by atoms with Gasteiger partial charge >= 0.3 is 0 Å². The molecule has 0 saturated carbocycles. The Hall–Kier alpha value is -1.60. The molecule has 2 aromatic rings. The van der Waals surface area contributed by atoms with Gasteiger partial charge in [0.25, 0.3) is 0 Å². The van der Waals surface area contributed by atoms with Gasteiger partial charge in [-0.25, -0.2) is 0 Å². The average molecular weight is 252 g/mol. The maximum atomic E-state index is 2.40. The highest BCUT2D eigenvalue weighted by atomic mass is 15.4. The van der Waals surface area contributed by atoms with Crippen LogP contribution in [0.5, 0.6) is 0 Å². The van der Waals surface area contributed by atoms with Crippen molar-refractivity contribution in [3.05, 3.63) is 60.7 Å². The van der Waals surface area contributed by atoms with Gasteiger partial charge in [-0.05, 0) is 44.0 Å². The molecule has 98 valence electrons. The molecule has 0 bridgehead atoms. The van der Waals surface area contributed by atoms with Crippen molar-refractivity contribution in [2.24, 2.45) is 0 Å². The van der Waals surface area contributed by atoms with E-state index in [4.69, 9.17) is 0 Å². The lowest BCUT2D eigenvalue weighted by molar-refractivity contribution is 0.237. The molecule has 1 atom stereocenters. The summed E-state index contributed by atoms with van der Waals surface area (Å²) in [5.74, 6) is 0. The van der Waals surface area contributed by atoms with E-state index in [1.165, 1.54) is 37.2 Å². The van der Waals surface area contributed by atoms with E-state index in [1.807, 2.05) is 0 Å². The maximum Gasteiger partial charge on any atom is 0.138 e. The molecule has 2 aromatic carbocycles. The number of benzene rings is 2. The Morgan fingerprint density at radius 3 is 1.79 bits per heavy atom. The summed E-state index contributed by atoms with van der Waals surface area (Å²) >= 11 is 0. The fraction of sp³-hybridized carbons (Fsp3) is 0.333. The van der Waals surface area contributed by atoms with E-state index in [1.54, 1.807) is 0 Å². The molecule has 1 aliphatic rings. The Balaban J connectivity index is 2.16. The van der Waals surface area contributed by atoms with Crippen molar-refractivity contribution in [3.63, 3.8) is 0 Å². The monoisotopic (exact) mass is 252 g/mol. The lowest BCUT2D eigenvalue weighted by Crippen LogP contribution is -2.54. The largest absolute Gasteiger partial charge is 0.257 e. The molecule has 1 saturated heterocycles. The van der Waals surface area contributed by atoms with Crippen LogP contribution in [0, 0.1) is 0 Å². The van der Waals surface area contributed by atoms with Crippen LogP contribution in [-0.2, 0) is 0 Å². The van der Waals surface area contributed by atoms with Crippen molar-refractivity contribution in [2.75, 3.05) is 6.54 Å². The zero-order chi connectivity index (χ0) is 13.1. The quantitative estimate of drug-likeness (QED) is 0.667. The molecule has 1 heterocycles. The van der Waals surface area contributed by atoms with Crippen molar-refractivity contribution in [1.82, 2.24) is 4.48 Å². The van der Waals surface area contributed by atoms with Crippen LogP contribution in [0.2, 0.25) is 0 Å². The molecule has 0 radical (unpaired) electrons. The summed E-state index contributed by atoms with van der Waals surface area (Å²) in [6, 6.07) is 22.7. The van der Waals surface area contributed by atoms with Crippen LogP contribution >= 0.6 is 0 Å². The molecular formula is C18H22N+. The minimum atomic E-state index is 0.651. The Labute approximate surface area is 116 Å².